The molecule has 0 saturated carbocycles. The van der Waals surface area contributed by atoms with Crippen LogP contribution in [0, 0.1) is 0 Å². The van der Waals surface area contributed by atoms with Crippen LogP contribution < -0.4 is 5.32 Å². The minimum atomic E-state index is -0.00934. The normalized spacial score (nSPS) is 10.6. The van der Waals surface area contributed by atoms with E-state index in [4.69, 9.17) is 0 Å². The van der Waals surface area contributed by atoms with E-state index in [9.17, 15) is 4.79 Å². The van der Waals surface area contributed by atoms with Gasteiger partial charge >= 0.3 is 0 Å². The van der Waals surface area contributed by atoms with Crippen LogP contribution in [0.2, 0.25) is 0 Å². The molecule has 5 heteroatoms. The summed E-state index contributed by atoms with van der Waals surface area (Å²) in [4.78, 5) is 16.6. The molecule has 0 radical (unpaired) electrons. The van der Waals surface area contributed by atoms with Gasteiger partial charge < -0.3 is 5.32 Å². The second kappa shape index (κ2) is 8.31. The molecule has 0 aliphatic rings. The van der Waals surface area contributed by atoms with Gasteiger partial charge in [0.25, 0.3) is 0 Å². The van der Waals surface area contributed by atoms with E-state index >= 15 is 0 Å². The van der Waals surface area contributed by atoms with Crippen LogP contribution in [-0.2, 0) is 17.8 Å². The second-order valence-electron chi connectivity index (χ2n) is 6.49. The number of carbonyl (C=O) groups is 1. The molecule has 0 atom stereocenters. The SMILES string of the molecule is O=C(Cc1ccc(-c2ccccc2)cc1)NCc1ccnc(-n2cccn2)c1. The third kappa shape index (κ3) is 4.32. The van der Waals surface area contributed by atoms with Gasteiger partial charge in [-0.05, 0) is 40.5 Å². The van der Waals surface area contributed by atoms with Gasteiger partial charge in [0.05, 0.1) is 6.42 Å². The first-order valence-corrected chi connectivity index (χ1v) is 9.14. The van der Waals surface area contributed by atoms with Gasteiger partial charge in [-0.15, -0.1) is 0 Å². The fraction of sp³-hybridized carbons (Fsp3) is 0.0870. The summed E-state index contributed by atoms with van der Waals surface area (Å²) >= 11 is 0. The van der Waals surface area contributed by atoms with Crippen molar-refractivity contribution in [3.05, 3.63) is 103 Å². The molecule has 28 heavy (non-hydrogen) atoms. The molecule has 0 aliphatic heterocycles. The van der Waals surface area contributed by atoms with Crippen LogP contribution >= 0.6 is 0 Å². The second-order valence-corrected chi connectivity index (χ2v) is 6.49. The summed E-state index contributed by atoms with van der Waals surface area (Å²) in [5, 5.41) is 7.14. The molecule has 4 aromatic rings. The van der Waals surface area contributed by atoms with E-state index in [2.05, 4.69) is 39.7 Å². The van der Waals surface area contributed by atoms with Crippen LogP contribution in [0.3, 0.4) is 0 Å². The van der Waals surface area contributed by atoms with E-state index in [1.165, 1.54) is 5.56 Å². The van der Waals surface area contributed by atoms with Crippen molar-refractivity contribution in [1.82, 2.24) is 20.1 Å². The minimum absolute atomic E-state index is 0.00934. The van der Waals surface area contributed by atoms with Crippen LogP contribution in [0.25, 0.3) is 16.9 Å². The molecule has 4 rings (SSSR count). The lowest BCUT2D eigenvalue weighted by molar-refractivity contribution is -0.120. The Kier molecular flexibility index (Phi) is 5.24. The fourth-order valence-corrected chi connectivity index (χ4v) is 2.99. The molecule has 0 saturated heterocycles. The Morgan fingerprint density at radius 1 is 0.857 bits per heavy atom. The molecule has 0 fully saturated rings. The summed E-state index contributed by atoms with van der Waals surface area (Å²) in [5.41, 5.74) is 4.29. The van der Waals surface area contributed by atoms with E-state index in [1.54, 1.807) is 17.1 Å². The molecule has 2 heterocycles. The van der Waals surface area contributed by atoms with Crippen molar-refractivity contribution >= 4 is 5.91 Å². The van der Waals surface area contributed by atoms with Gasteiger partial charge in [0.1, 0.15) is 0 Å². The highest BCUT2D eigenvalue weighted by atomic mass is 16.1. The number of benzene rings is 2. The van der Waals surface area contributed by atoms with Gasteiger partial charge in [0, 0.05) is 25.1 Å². The number of hydrogen-bond acceptors (Lipinski definition) is 3. The average molecular weight is 368 g/mol. The first-order chi connectivity index (χ1) is 13.8. The number of pyridine rings is 1. The Labute approximate surface area is 163 Å². The van der Waals surface area contributed by atoms with Gasteiger partial charge in [0.15, 0.2) is 5.82 Å². The maximum Gasteiger partial charge on any atom is 0.224 e. The lowest BCUT2D eigenvalue weighted by atomic mass is 10.0. The Balaban J connectivity index is 1.34. The van der Waals surface area contributed by atoms with Crippen LogP contribution in [-0.4, -0.2) is 20.7 Å². The van der Waals surface area contributed by atoms with E-state index in [0.717, 1.165) is 22.5 Å². The predicted molar refractivity (Wildman–Crippen MR) is 109 cm³/mol. The quantitative estimate of drug-likeness (QED) is 0.563. The molecule has 2 aromatic carbocycles. The Morgan fingerprint density at radius 2 is 1.64 bits per heavy atom. The molecule has 0 spiro atoms. The Morgan fingerprint density at radius 3 is 2.39 bits per heavy atom. The summed E-state index contributed by atoms with van der Waals surface area (Å²) in [6.45, 7) is 0.456. The zero-order chi connectivity index (χ0) is 19.2. The summed E-state index contributed by atoms with van der Waals surface area (Å²) in [6, 6.07) is 24.0. The molecule has 0 unspecified atom stereocenters. The molecule has 2 aromatic heterocycles. The van der Waals surface area contributed by atoms with E-state index in [1.807, 2.05) is 54.7 Å². The van der Waals surface area contributed by atoms with Crippen molar-refractivity contribution in [2.45, 2.75) is 13.0 Å². The number of hydrogen-bond donors (Lipinski definition) is 1. The fourth-order valence-electron chi connectivity index (χ4n) is 2.99. The van der Waals surface area contributed by atoms with Gasteiger partial charge in [-0.1, -0.05) is 54.6 Å². The van der Waals surface area contributed by atoms with Gasteiger partial charge in [-0.2, -0.15) is 5.10 Å². The first-order valence-electron chi connectivity index (χ1n) is 9.14. The molecular formula is C23H20N4O. The molecule has 1 N–H and O–H groups in total. The number of rotatable bonds is 6. The van der Waals surface area contributed by atoms with Crippen LogP contribution in [0.15, 0.2) is 91.4 Å². The third-order valence-electron chi connectivity index (χ3n) is 4.46. The Hall–Kier alpha value is -3.73. The standard InChI is InChI=1S/C23H20N4O/c28-23(16-18-7-9-21(10-8-18)20-5-2-1-3-6-20)25-17-19-11-13-24-22(15-19)27-14-4-12-26-27/h1-15H,16-17H2,(H,25,28). The predicted octanol–water partition coefficient (Wildman–Crippen LogP) is 3.79. The van der Waals surface area contributed by atoms with Crippen molar-refractivity contribution in [3.8, 4) is 16.9 Å². The Bertz CT molecular complexity index is 1040. The lowest BCUT2D eigenvalue weighted by Crippen LogP contribution is -2.24. The topological polar surface area (TPSA) is 59.8 Å². The van der Waals surface area contributed by atoms with E-state index in [-0.39, 0.29) is 5.91 Å². The number of nitrogens with zero attached hydrogens (tertiary/aromatic N) is 3. The number of carbonyl (C=O) groups excluding carboxylic acids is 1. The lowest BCUT2D eigenvalue weighted by Gasteiger charge is -2.08. The van der Waals surface area contributed by atoms with Crippen LogP contribution in [0.4, 0.5) is 0 Å². The van der Waals surface area contributed by atoms with Crippen molar-refractivity contribution < 1.29 is 4.79 Å². The van der Waals surface area contributed by atoms with Crippen LogP contribution in [0.5, 0.6) is 0 Å². The van der Waals surface area contributed by atoms with Gasteiger partial charge in [-0.25, -0.2) is 9.67 Å². The molecular weight excluding hydrogens is 348 g/mol. The monoisotopic (exact) mass is 368 g/mol. The third-order valence-corrected chi connectivity index (χ3v) is 4.46. The van der Waals surface area contributed by atoms with Crippen molar-refractivity contribution in [2.75, 3.05) is 0 Å². The maximum absolute atomic E-state index is 12.3. The molecule has 0 aliphatic carbocycles. The number of aromatic nitrogens is 3. The zero-order valence-corrected chi connectivity index (χ0v) is 15.3. The summed E-state index contributed by atoms with van der Waals surface area (Å²) < 4.78 is 1.69. The maximum atomic E-state index is 12.3. The van der Waals surface area contributed by atoms with Crippen LogP contribution in [0.1, 0.15) is 11.1 Å². The summed E-state index contributed by atoms with van der Waals surface area (Å²) in [7, 11) is 0. The van der Waals surface area contributed by atoms with E-state index < -0.39 is 0 Å². The van der Waals surface area contributed by atoms with Crippen molar-refractivity contribution in [1.29, 1.82) is 0 Å². The summed E-state index contributed by atoms with van der Waals surface area (Å²) in [5.74, 6) is 0.721. The highest BCUT2D eigenvalue weighted by Crippen LogP contribution is 2.19. The molecule has 5 nitrogen and oxygen atoms in total. The highest BCUT2D eigenvalue weighted by Gasteiger charge is 2.06. The average Bonchev–Trinajstić information content (AvgIpc) is 3.29. The number of amides is 1. The first kappa shape index (κ1) is 17.7. The minimum Gasteiger partial charge on any atom is -0.352 e. The molecule has 1 amide bonds. The molecule has 0 bridgehead atoms. The van der Waals surface area contributed by atoms with E-state index in [0.29, 0.717) is 13.0 Å². The zero-order valence-electron chi connectivity index (χ0n) is 15.3. The molecule has 138 valence electrons. The smallest absolute Gasteiger partial charge is 0.224 e. The highest BCUT2D eigenvalue weighted by molar-refractivity contribution is 5.78. The summed E-state index contributed by atoms with van der Waals surface area (Å²) in [6.07, 6.45) is 5.62. The largest absolute Gasteiger partial charge is 0.352 e. The van der Waals surface area contributed by atoms with Crippen molar-refractivity contribution in [3.63, 3.8) is 0 Å². The van der Waals surface area contributed by atoms with Gasteiger partial charge in [-0.3, -0.25) is 4.79 Å². The number of nitrogens with one attached hydrogen (secondary N) is 1. The van der Waals surface area contributed by atoms with Gasteiger partial charge in [0.2, 0.25) is 5.91 Å². The van der Waals surface area contributed by atoms with Crippen molar-refractivity contribution in [2.24, 2.45) is 0 Å².